The number of carbonyl (C=O) groups excluding carboxylic acids is 1. The second kappa shape index (κ2) is 9.63. The Balaban J connectivity index is 1.63. The summed E-state index contributed by atoms with van der Waals surface area (Å²) in [6.07, 6.45) is 3.28. The van der Waals surface area contributed by atoms with Gasteiger partial charge in [-0.2, -0.15) is 0 Å². The maximum atomic E-state index is 13.7. The fourth-order valence-electron chi connectivity index (χ4n) is 4.23. The second-order valence-electron chi connectivity index (χ2n) is 8.38. The average molecular weight is 474 g/mol. The number of para-hydroxylation sites is 1. The van der Waals surface area contributed by atoms with Crippen LogP contribution < -0.4 is 10.9 Å². The van der Waals surface area contributed by atoms with E-state index in [0.29, 0.717) is 33.6 Å². The number of carbonyl (C=O) groups is 1. The van der Waals surface area contributed by atoms with Gasteiger partial charge in [0, 0.05) is 6.04 Å². The van der Waals surface area contributed by atoms with Gasteiger partial charge in [-0.3, -0.25) is 14.2 Å². The Morgan fingerprint density at radius 2 is 2.03 bits per heavy atom. The maximum Gasteiger partial charge on any atom is 0.266 e. The van der Waals surface area contributed by atoms with E-state index in [9.17, 15) is 14.0 Å². The number of thioether (sulfide) groups is 1. The van der Waals surface area contributed by atoms with Crippen LogP contribution in [0.2, 0.25) is 5.02 Å². The molecular formula is C24H25ClFN3O2S. The van der Waals surface area contributed by atoms with Gasteiger partial charge in [-0.1, -0.05) is 62.2 Å². The van der Waals surface area contributed by atoms with Crippen LogP contribution in [0.4, 0.5) is 4.39 Å². The molecule has 3 aromatic rings. The van der Waals surface area contributed by atoms with Crippen molar-refractivity contribution in [2.45, 2.75) is 44.3 Å². The molecule has 8 heteroatoms. The second-order valence-corrected chi connectivity index (χ2v) is 9.73. The number of aromatic nitrogens is 2. The third-order valence-electron chi connectivity index (χ3n) is 6.29. The summed E-state index contributed by atoms with van der Waals surface area (Å²) in [5.74, 6) is 0.471. The summed E-state index contributed by atoms with van der Waals surface area (Å²) in [6, 6.07) is 11.3. The minimum atomic E-state index is -0.568. The number of benzene rings is 2. The van der Waals surface area contributed by atoms with Crippen LogP contribution in [-0.2, 0) is 4.79 Å². The smallest absolute Gasteiger partial charge is 0.266 e. The molecular weight excluding hydrogens is 449 g/mol. The van der Waals surface area contributed by atoms with Gasteiger partial charge >= 0.3 is 0 Å². The molecule has 0 bridgehead atoms. The van der Waals surface area contributed by atoms with Crippen LogP contribution in [0.25, 0.3) is 16.6 Å². The predicted octanol–water partition coefficient (Wildman–Crippen LogP) is 5.21. The minimum Gasteiger partial charge on any atom is -0.352 e. The lowest BCUT2D eigenvalue weighted by Gasteiger charge is -2.34. The molecule has 1 N–H and O–H groups in total. The molecule has 1 aliphatic rings. The molecule has 0 aliphatic heterocycles. The molecule has 3 atom stereocenters. The van der Waals surface area contributed by atoms with Crippen LogP contribution in [-0.4, -0.2) is 27.3 Å². The minimum absolute atomic E-state index is 0.0864. The van der Waals surface area contributed by atoms with Crippen LogP contribution in [0.1, 0.15) is 33.1 Å². The van der Waals surface area contributed by atoms with E-state index in [1.807, 2.05) is 0 Å². The summed E-state index contributed by atoms with van der Waals surface area (Å²) < 4.78 is 15.1. The molecule has 1 fully saturated rings. The topological polar surface area (TPSA) is 64.0 Å². The van der Waals surface area contributed by atoms with Crippen LogP contribution in [0, 0.1) is 17.7 Å². The molecule has 2 aromatic carbocycles. The molecule has 3 unspecified atom stereocenters. The van der Waals surface area contributed by atoms with Crippen molar-refractivity contribution in [3.05, 3.63) is 63.7 Å². The summed E-state index contributed by atoms with van der Waals surface area (Å²) in [5, 5.41) is 3.86. The van der Waals surface area contributed by atoms with E-state index in [1.54, 1.807) is 24.3 Å². The molecule has 5 nitrogen and oxygen atoms in total. The molecule has 0 radical (unpaired) electrons. The first-order valence-corrected chi connectivity index (χ1v) is 12.1. The summed E-state index contributed by atoms with van der Waals surface area (Å²) in [6.45, 7) is 4.41. The Kier molecular flexibility index (Phi) is 6.86. The Bertz CT molecular complexity index is 1220. The first-order valence-electron chi connectivity index (χ1n) is 10.7. The summed E-state index contributed by atoms with van der Waals surface area (Å²) in [5.41, 5.74) is 0.646. The monoisotopic (exact) mass is 473 g/mol. The summed E-state index contributed by atoms with van der Waals surface area (Å²) in [4.78, 5) is 30.6. The van der Waals surface area contributed by atoms with E-state index < -0.39 is 5.82 Å². The molecule has 168 valence electrons. The van der Waals surface area contributed by atoms with E-state index in [0.717, 1.165) is 12.8 Å². The van der Waals surface area contributed by atoms with Crippen LogP contribution in [0.5, 0.6) is 0 Å². The van der Waals surface area contributed by atoms with E-state index in [-0.39, 0.29) is 28.3 Å². The Hall–Kier alpha value is -2.38. The highest BCUT2D eigenvalue weighted by molar-refractivity contribution is 7.99. The van der Waals surface area contributed by atoms with Crippen molar-refractivity contribution in [3.8, 4) is 5.69 Å². The van der Waals surface area contributed by atoms with Crippen molar-refractivity contribution >= 4 is 40.2 Å². The zero-order valence-electron chi connectivity index (χ0n) is 18.0. The zero-order chi connectivity index (χ0) is 22.8. The van der Waals surface area contributed by atoms with Gasteiger partial charge in [0.05, 0.1) is 27.4 Å². The number of hydrogen-bond donors (Lipinski definition) is 1. The molecule has 1 saturated carbocycles. The van der Waals surface area contributed by atoms with Gasteiger partial charge < -0.3 is 5.32 Å². The first-order chi connectivity index (χ1) is 15.3. The lowest BCUT2D eigenvalue weighted by atomic mass is 9.78. The number of halogens is 2. The highest BCUT2D eigenvalue weighted by Crippen LogP contribution is 2.30. The van der Waals surface area contributed by atoms with Gasteiger partial charge in [0.1, 0.15) is 5.82 Å². The van der Waals surface area contributed by atoms with Crippen LogP contribution in [0.15, 0.2) is 52.4 Å². The Morgan fingerprint density at radius 1 is 1.25 bits per heavy atom. The van der Waals surface area contributed by atoms with Crippen LogP contribution >= 0.6 is 23.4 Å². The van der Waals surface area contributed by atoms with Crippen molar-refractivity contribution < 1.29 is 9.18 Å². The number of hydrogen-bond acceptors (Lipinski definition) is 4. The van der Waals surface area contributed by atoms with E-state index >= 15 is 0 Å². The number of nitrogens with one attached hydrogen (secondary N) is 1. The molecule has 4 rings (SSSR count). The number of amides is 1. The molecule has 32 heavy (non-hydrogen) atoms. The Labute approximate surface area is 195 Å². The summed E-state index contributed by atoms with van der Waals surface area (Å²) in [7, 11) is 0. The third-order valence-corrected chi connectivity index (χ3v) is 7.52. The third kappa shape index (κ3) is 4.69. The Morgan fingerprint density at radius 3 is 2.81 bits per heavy atom. The van der Waals surface area contributed by atoms with Crippen molar-refractivity contribution in [1.82, 2.24) is 14.9 Å². The van der Waals surface area contributed by atoms with Gasteiger partial charge in [0.15, 0.2) is 5.16 Å². The maximum absolute atomic E-state index is 13.7. The van der Waals surface area contributed by atoms with E-state index in [2.05, 4.69) is 24.1 Å². The van der Waals surface area contributed by atoms with Gasteiger partial charge in [0.25, 0.3) is 5.56 Å². The lowest BCUT2D eigenvalue weighted by Crippen LogP contribution is -2.44. The normalized spacial score (nSPS) is 20.9. The molecule has 0 spiro atoms. The number of fused-ring (bicyclic) bond motifs is 1. The van der Waals surface area contributed by atoms with Crippen molar-refractivity contribution in [2.24, 2.45) is 11.8 Å². The van der Waals surface area contributed by atoms with Gasteiger partial charge in [0.2, 0.25) is 5.91 Å². The molecule has 1 heterocycles. The SMILES string of the molecule is CC1CCCC(NC(=O)CSc2nc3ccccc3c(=O)n2-c2ccc(F)c(Cl)c2)C1C. The van der Waals surface area contributed by atoms with Gasteiger partial charge in [-0.05, 0) is 48.6 Å². The predicted molar refractivity (Wildman–Crippen MR) is 127 cm³/mol. The average Bonchev–Trinajstić information content (AvgIpc) is 2.78. The fourth-order valence-corrected chi connectivity index (χ4v) is 5.22. The lowest BCUT2D eigenvalue weighted by molar-refractivity contribution is -0.120. The van der Waals surface area contributed by atoms with E-state index in [1.165, 1.54) is 40.9 Å². The molecule has 1 aliphatic carbocycles. The number of rotatable bonds is 5. The summed E-state index contributed by atoms with van der Waals surface area (Å²) >= 11 is 7.15. The highest BCUT2D eigenvalue weighted by Gasteiger charge is 2.28. The first kappa shape index (κ1) is 22.8. The van der Waals surface area contributed by atoms with Crippen molar-refractivity contribution in [3.63, 3.8) is 0 Å². The quantitative estimate of drug-likeness (QED) is 0.408. The molecule has 1 amide bonds. The standard InChI is InChI=1S/C24H25ClFN3O2S/c1-14-6-5-9-20(15(14)2)27-22(30)13-32-24-28-21-8-4-3-7-17(21)23(31)29(24)16-10-11-19(26)18(25)12-16/h3-4,7-8,10-12,14-15,20H,5-6,9,13H2,1-2H3,(H,27,30). The van der Waals surface area contributed by atoms with Gasteiger partial charge in [-0.25, -0.2) is 9.37 Å². The molecule has 1 aromatic heterocycles. The zero-order valence-corrected chi connectivity index (χ0v) is 19.5. The van der Waals surface area contributed by atoms with Gasteiger partial charge in [-0.15, -0.1) is 0 Å². The van der Waals surface area contributed by atoms with E-state index in [4.69, 9.17) is 11.6 Å². The van der Waals surface area contributed by atoms with Crippen molar-refractivity contribution in [1.29, 1.82) is 0 Å². The fraction of sp³-hybridized carbons (Fsp3) is 0.375. The highest BCUT2D eigenvalue weighted by atomic mass is 35.5. The van der Waals surface area contributed by atoms with Crippen LogP contribution in [0.3, 0.4) is 0 Å². The largest absolute Gasteiger partial charge is 0.352 e. The van der Waals surface area contributed by atoms with Crippen molar-refractivity contribution in [2.75, 3.05) is 5.75 Å². The molecule has 0 saturated heterocycles. The number of nitrogens with zero attached hydrogens (tertiary/aromatic N) is 2.